The number of allylic oxidation sites excluding steroid dienone is 1. The molecule has 4 heteroatoms. The molecule has 0 fully saturated rings. The highest BCUT2D eigenvalue weighted by molar-refractivity contribution is 5.89. The number of carbonyl (C=O) groups is 1. The Labute approximate surface area is 77.7 Å². The molecule has 0 bridgehead atoms. The van der Waals surface area contributed by atoms with Crippen LogP contribution in [0.15, 0.2) is 24.0 Å². The van der Waals surface area contributed by atoms with Crippen molar-refractivity contribution in [3.63, 3.8) is 0 Å². The molecule has 0 saturated carbocycles. The van der Waals surface area contributed by atoms with Gasteiger partial charge in [0.05, 0.1) is 11.6 Å². The summed E-state index contributed by atoms with van der Waals surface area (Å²) in [5, 5.41) is 12.5. The highest BCUT2D eigenvalue weighted by atomic mass is 16.4. The number of carboxylic acids is 1. The molecule has 1 N–H and O–H groups in total. The van der Waals surface area contributed by atoms with Crippen molar-refractivity contribution in [3.05, 3.63) is 24.0 Å². The molecule has 0 aromatic heterocycles. The van der Waals surface area contributed by atoms with Gasteiger partial charge in [0.1, 0.15) is 0 Å². The van der Waals surface area contributed by atoms with E-state index in [1.54, 1.807) is 23.1 Å². The van der Waals surface area contributed by atoms with Crippen LogP contribution in [-0.2, 0) is 4.79 Å². The molecular formula is C9H14N2O2. The Balaban J connectivity index is 3.07. The van der Waals surface area contributed by atoms with Gasteiger partial charge >= 0.3 is 5.97 Å². The lowest BCUT2D eigenvalue weighted by Gasteiger charge is -2.28. The zero-order valence-corrected chi connectivity index (χ0v) is 8.11. The molecule has 1 atom stereocenters. The quantitative estimate of drug-likeness (QED) is 0.693. The van der Waals surface area contributed by atoms with Crippen LogP contribution in [0.4, 0.5) is 0 Å². The highest BCUT2D eigenvalue weighted by Crippen LogP contribution is 2.27. The summed E-state index contributed by atoms with van der Waals surface area (Å²) in [5.41, 5.74) is 1.20. The van der Waals surface area contributed by atoms with Crippen molar-refractivity contribution in [3.8, 4) is 0 Å². The third kappa shape index (κ3) is 1.28. The number of hydrazine groups is 1. The van der Waals surface area contributed by atoms with Crippen molar-refractivity contribution >= 4 is 5.97 Å². The summed E-state index contributed by atoms with van der Waals surface area (Å²) in [6.07, 6.45) is 1.63. The van der Waals surface area contributed by atoms with Gasteiger partial charge in [-0.3, -0.25) is 10.0 Å². The van der Waals surface area contributed by atoms with E-state index in [0.29, 0.717) is 5.57 Å². The molecular weight excluding hydrogens is 168 g/mol. The molecule has 0 saturated heterocycles. The van der Waals surface area contributed by atoms with Crippen LogP contribution in [-0.4, -0.2) is 34.2 Å². The van der Waals surface area contributed by atoms with Crippen LogP contribution < -0.4 is 0 Å². The van der Waals surface area contributed by atoms with Crippen LogP contribution in [0.2, 0.25) is 0 Å². The summed E-state index contributed by atoms with van der Waals surface area (Å²) in [6, 6.07) is -0.139. The molecule has 13 heavy (non-hydrogen) atoms. The van der Waals surface area contributed by atoms with Crippen LogP contribution in [0.1, 0.15) is 13.8 Å². The molecule has 4 nitrogen and oxygen atoms in total. The minimum absolute atomic E-state index is 0.139. The van der Waals surface area contributed by atoms with E-state index in [-0.39, 0.29) is 6.04 Å². The van der Waals surface area contributed by atoms with Crippen molar-refractivity contribution in [2.45, 2.75) is 19.9 Å². The molecule has 1 unspecified atom stereocenters. The number of hydrogen-bond acceptors (Lipinski definition) is 3. The maximum Gasteiger partial charge on any atom is 0.335 e. The van der Waals surface area contributed by atoms with Crippen molar-refractivity contribution in [2.75, 3.05) is 7.05 Å². The molecule has 1 aliphatic heterocycles. The van der Waals surface area contributed by atoms with Crippen LogP contribution in [0.25, 0.3) is 0 Å². The average molecular weight is 182 g/mol. The molecule has 0 aromatic carbocycles. The number of hydrogen-bond donors (Lipinski definition) is 1. The first-order valence-corrected chi connectivity index (χ1v) is 4.09. The lowest BCUT2D eigenvalue weighted by atomic mass is 10.1. The Kier molecular flexibility index (Phi) is 2.32. The van der Waals surface area contributed by atoms with E-state index in [0.717, 1.165) is 5.70 Å². The molecule has 72 valence electrons. The first-order valence-electron chi connectivity index (χ1n) is 4.09. The van der Waals surface area contributed by atoms with Crippen molar-refractivity contribution in [2.24, 2.45) is 0 Å². The van der Waals surface area contributed by atoms with Crippen LogP contribution in [0, 0.1) is 0 Å². The van der Waals surface area contributed by atoms with E-state index < -0.39 is 5.97 Å². The Bertz CT molecular complexity index is 283. The first kappa shape index (κ1) is 9.64. The summed E-state index contributed by atoms with van der Waals surface area (Å²) < 4.78 is 0. The van der Waals surface area contributed by atoms with Crippen molar-refractivity contribution in [1.82, 2.24) is 10.0 Å². The molecule has 0 amide bonds. The Morgan fingerprint density at radius 2 is 2.23 bits per heavy atom. The predicted molar refractivity (Wildman–Crippen MR) is 49.6 cm³/mol. The highest BCUT2D eigenvalue weighted by Gasteiger charge is 2.33. The van der Waals surface area contributed by atoms with E-state index in [1.165, 1.54) is 0 Å². The minimum Gasteiger partial charge on any atom is -0.478 e. The van der Waals surface area contributed by atoms with Gasteiger partial charge in [-0.1, -0.05) is 6.58 Å². The smallest absolute Gasteiger partial charge is 0.335 e. The summed E-state index contributed by atoms with van der Waals surface area (Å²) >= 11 is 0. The van der Waals surface area contributed by atoms with Gasteiger partial charge in [-0.05, 0) is 13.8 Å². The second kappa shape index (κ2) is 3.12. The second-order valence-electron chi connectivity index (χ2n) is 3.07. The van der Waals surface area contributed by atoms with Crippen LogP contribution in [0.5, 0.6) is 0 Å². The lowest BCUT2D eigenvalue weighted by molar-refractivity contribution is -0.133. The minimum atomic E-state index is -0.860. The Hall–Kier alpha value is -1.45. The summed E-state index contributed by atoms with van der Waals surface area (Å²) in [5.74, 6) is -0.860. The topological polar surface area (TPSA) is 43.8 Å². The number of carboxylic acid groups (broad SMARTS) is 1. The van der Waals surface area contributed by atoms with Gasteiger partial charge in [-0.15, -0.1) is 0 Å². The van der Waals surface area contributed by atoms with Gasteiger partial charge in [-0.2, -0.15) is 0 Å². The lowest BCUT2D eigenvalue weighted by Crippen LogP contribution is -2.34. The maximum absolute atomic E-state index is 10.9. The van der Waals surface area contributed by atoms with E-state index in [1.807, 2.05) is 14.0 Å². The fraction of sp³-hybridized carbons (Fsp3) is 0.444. The van der Waals surface area contributed by atoms with Crippen molar-refractivity contribution in [1.29, 1.82) is 0 Å². The van der Waals surface area contributed by atoms with Crippen molar-refractivity contribution < 1.29 is 9.90 Å². The molecule has 1 aliphatic rings. The largest absolute Gasteiger partial charge is 0.478 e. The fourth-order valence-corrected chi connectivity index (χ4v) is 1.66. The molecule has 0 aliphatic carbocycles. The second-order valence-corrected chi connectivity index (χ2v) is 3.07. The maximum atomic E-state index is 10.9. The van der Waals surface area contributed by atoms with Crippen LogP contribution in [0.3, 0.4) is 0 Å². The molecule has 0 radical (unpaired) electrons. The first-order chi connectivity index (χ1) is 6.00. The fourth-order valence-electron chi connectivity index (χ4n) is 1.66. The van der Waals surface area contributed by atoms with E-state index in [4.69, 9.17) is 5.11 Å². The van der Waals surface area contributed by atoms with E-state index in [9.17, 15) is 4.79 Å². The van der Waals surface area contributed by atoms with Gasteiger partial charge in [-0.25, -0.2) is 4.79 Å². The SMILES string of the molecule is C=CN1C(C)C(C(=O)O)=C(C)N1C. The standard InChI is InChI=1S/C9H14N2O2/c1-5-11-7(3)8(9(12)13)6(2)10(11)4/h5,7H,1H2,2-4H3,(H,12,13). The summed E-state index contributed by atoms with van der Waals surface area (Å²) in [6.45, 7) is 7.28. The third-order valence-electron chi connectivity index (χ3n) is 2.45. The predicted octanol–water partition coefficient (Wildman–Crippen LogP) is 1.04. The van der Waals surface area contributed by atoms with Gasteiger partial charge in [0, 0.05) is 18.9 Å². The van der Waals surface area contributed by atoms with Gasteiger partial charge in [0.15, 0.2) is 0 Å². The molecule has 1 rings (SSSR count). The normalized spacial score (nSPS) is 22.5. The molecule has 0 aromatic rings. The van der Waals surface area contributed by atoms with Gasteiger partial charge in [0.2, 0.25) is 0 Å². The van der Waals surface area contributed by atoms with E-state index in [2.05, 4.69) is 6.58 Å². The monoisotopic (exact) mass is 182 g/mol. The molecule has 0 spiro atoms. The average Bonchev–Trinajstić information content (AvgIpc) is 2.24. The Morgan fingerprint density at radius 3 is 2.46 bits per heavy atom. The number of aliphatic carboxylic acids is 1. The summed E-state index contributed by atoms with van der Waals surface area (Å²) in [4.78, 5) is 10.9. The summed E-state index contributed by atoms with van der Waals surface area (Å²) in [7, 11) is 1.82. The number of nitrogens with zero attached hydrogens (tertiary/aromatic N) is 2. The number of rotatable bonds is 2. The zero-order chi connectivity index (χ0) is 10.2. The molecule has 1 heterocycles. The van der Waals surface area contributed by atoms with Crippen LogP contribution >= 0.6 is 0 Å². The zero-order valence-electron chi connectivity index (χ0n) is 8.11. The third-order valence-corrected chi connectivity index (χ3v) is 2.45. The van der Waals surface area contributed by atoms with E-state index >= 15 is 0 Å². The Morgan fingerprint density at radius 1 is 1.69 bits per heavy atom. The van der Waals surface area contributed by atoms with Gasteiger partial charge in [0.25, 0.3) is 0 Å². The van der Waals surface area contributed by atoms with Gasteiger partial charge < -0.3 is 5.11 Å².